The summed E-state index contributed by atoms with van der Waals surface area (Å²) in [6, 6.07) is 25.9. The van der Waals surface area contributed by atoms with E-state index in [1.54, 1.807) is 0 Å². The van der Waals surface area contributed by atoms with Crippen molar-refractivity contribution in [2.45, 2.75) is 38.4 Å². The lowest BCUT2D eigenvalue weighted by atomic mass is 9.91. The second-order valence-corrected chi connectivity index (χ2v) is 7.80. The van der Waals surface area contributed by atoms with Crippen molar-refractivity contribution in [1.29, 1.82) is 0 Å². The summed E-state index contributed by atoms with van der Waals surface area (Å²) in [6.07, 6.45) is 2.32. The van der Waals surface area contributed by atoms with Crippen LogP contribution >= 0.6 is 0 Å². The molecule has 0 amide bonds. The molecule has 0 radical (unpaired) electrons. The van der Waals surface area contributed by atoms with Gasteiger partial charge in [0.05, 0.1) is 6.42 Å². The zero-order valence-corrected chi connectivity index (χ0v) is 16.9. The Balaban J connectivity index is 1.56. The maximum absolute atomic E-state index is 11.4. The summed E-state index contributed by atoms with van der Waals surface area (Å²) in [5.74, 6) is 1.03. The van der Waals surface area contributed by atoms with Crippen molar-refractivity contribution in [3.05, 3.63) is 95.6 Å². The minimum Gasteiger partial charge on any atom is -0.485 e. The van der Waals surface area contributed by atoms with E-state index in [1.807, 2.05) is 78.9 Å². The van der Waals surface area contributed by atoms with Crippen LogP contribution in [-0.2, 0) is 18.0 Å². The molecule has 30 heavy (non-hydrogen) atoms. The van der Waals surface area contributed by atoms with Crippen molar-refractivity contribution in [2.24, 2.45) is 5.92 Å². The summed E-state index contributed by atoms with van der Waals surface area (Å²) in [4.78, 5) is 11.4. The minimum atomic E-state index is -0.761. The Morgan fingerprint density at radius 1 is 0.833 bits per heavy atom. The number of benzene rings is 3. The van der Waals surface area contributed by atoms with Crippen LogP contribution in [0.4, 0.5) is 0 Å². The van der Waals surface area contributed by atoms with Crippen LogP contribution in [0.15, 0.2) is 78.9 Å². The smallest absolute Gasteiger partial charge is 0.303 e. The number of carboxylic acids is 1. The standard InChI is InChI=1S/C26H26O4/c27-26(28)16-23(21-11-12-21)22-13-14-24(29-17-19-7-3-1-4-8-19)25(15-22)30-18-20-9-5-2-6-10-20/h1-10,13-15,21,23H,11-12,16-18H2,(H,27,28). The molecule has 1 atom stereocenters. The molecule has 1 aliphatic carbocycles. The number of carboxylic acid groups (broad SMARTS) is 1. The summed E-state index contributed by atoms with van der Waals surface area (Å²) < 4.78 is 12.2. The van der Waals surface area contributed by atoms with E-state index in [-0.39, 0.29) is 12.3 Å². The van der Waals surface area contributed by atoms with E-state index < -0.39 is 5.97 Å². The number of ether oxygens (including phenoxy) is 2. The zero-order chi connectivity index (χ0) is 20.8. The molecule has 0 heterocycles. The van der Waals surface area contributed by atoms with E-state index in [0.717, 1.165) is 29.5 Å². The Labute approximate surface area is 177 Å². The first-order chi connectivity index (χ1) is 14.7. The normalized spacial score (nSPS) is 14.1. The van der Waals surface area contributed by atoms with Gasteiger partial charge in [0.1, 0.15) is 13.2 Å². The third kappa shape index (κ3) is 5.41. The molecule has 3 aromatic carbocycles. The average molecular weight is 402 g/mol. The van der Waals surface area contributed by atoms with Gasteiger partial charge in [-0.1, -0.05) is 66.7 Å². The molecule has 1 fully saturated rings. The van der Waals surface area contributed by atoms with Crippen LogP contribution in [0.2, 0.25) is 0 Å². The van der Waals surface area contributed by atoms with Gasteiger partial charge in [-0.2, -0.15) is 0 Å². The summed E-state index contributed by atoms with van der Waals surface area (Å²) in [5.41, 5.74) is 3.16. The van der Waals surface area contributed by atoms with E-state index in [2.05, 4.69) is 0 Å². The third-order valence-electron chi connectivity index (χ3n) is 5.46. The van der Waals surface area contributed by atoms with Gasteiger partial charge in [0.2, 0.25) is 0 Å². The Kier molecular flexibility index (Phi) is 6.33. The van der Waals surface area contributed by atoms with Gasteiger partial charge < -0.3 is 14.6 Å². The SMILES string of the molecule is O=C(O)CC(c1ccc(OCc2ccccc2)c(OCc2ccccc2)c1)C1CC1. The molecular formula is C26H26O4. The molecule has 1 saturated carbocycles. The molecule has 0 aliphatic heterocycles. The molecule has 154 valence electrons. The molecule has 3 aromatic rings. The van der Waals surface area contributed by atoms with Crippen molar-refractivity contribution in [2.75, 3.05) is 0 Å². The second-order valence-electron chi connectivity index (χ2n) is 7.80. The first kappa shape index (κ1) is 20.0. The predicted molar refractivity (Wildman–Crippen MR) is 116 cm³/mol. The highest BCUT2D eigenvalue weighted by molar-refractivity contribution is 5.68. The van der Waals surface area contributed by atoms with Crippen LogP contribution in [0.3, 0.4) is 0 Å². The highest BCUT2D eigenvalue weighted by Crippen LogP contribution is 2.46. The van der Waals surface area contributed by atoms with Crippen molar-refractivity contribution < 1.29 is 19.4 Å². The van der Waals surface area contributed by atoms with Gasteiger partial charge in [0.25, 0.3) is 0 Å². The molecule has 1 aliphatic rings. The maximum atomic E-state index is 11.4. The van der Waals surface area contributed by atoms with Crippen molar-refractivity contribution in [1.82, 2.24) is 0 Å². The molecule has 1 unspecified atom stereocenters. The van der Waals surface area contributed by atoms with Gasteiger partial charge in [-0.05, 0) is 53.5 Å². The van der Waals surface area contributed by atoms with E-state index in [1.165, 1.54) is 0 Å². The van der Waals surface area contributed by atoms with Gasteiger partial charge in [0, 0.05) is 0 Å². The quantitative estimate of drug-likeness (QED) is 0.465. The zero-order valence-electron chi connectivity index (χ0n) is 16.9. The minimum absolute atomic E-state index is 0.0183. The summed E-state index contributed by atoms with van der Waals surface area (Å²) in [7, 11) is 0. The molecule has 4 heteroatoms. The van der Waals surface area contributed by atoms with Crippen LogP contribution in [0, 0.1) is 5.92 Å². The largest absolute Gasteiger partial charge is 0.485 e. The number of aliphatic carboxylic acids is 1. The predicted octanol–water partition coefficient (Wildman–Crippen LogP) is 5.81. The van der Waals surface area contributed by atoms with Crippen LogP contribution in [-0.4, -0.2) is 11.1 Å². The van der Waals surface area contributed by atoms with Gasteiger partial charge >= 0.3 is 5.97 Å². The molecule has 0 bridgehead atoms. The molecule has 0 saturated heterocycles. The fourth-order valence-electron chi connectivity index (χ4n) is 3.70. The number of carbonyl (C=O) groups is 1. The number of hydrogen-bond donors (Lipinski definition) is 1. The highest BCUT2D eigenvalue weighted by atomic mass is 16.5. The summed E-state index contributed by atoms with van der Waals surface area (Å²) in [5, 5.41) is 9.35. The van der Waals surface area contributed by atoms with Gasteiger partial charge in [-0.25, -0.2) is 0 Å². The average Bonchev–Trinajstić information content (AvgIpc) is 3.61. The van der Waals surface area contributed by atoms with Crippen molar-refractivity contribution in [3.8, 4) is 11.5 Å². The first-order valence-corrected chi connectivity index (χ1v) is 10.4. The van der Waals surface area contributed by atoms with Gasteiger partial charge in [0.15, 0.2) is 11.5 Å². The van der Waals surface area contributed by atoms with E-state index in [9.17, 15) is 9.90 Å². The Morgan fingerprint density at radius 2 is 1.40 bits per heavy atom. The third-order valence-corrected chi connectivity index (χ3v) is 5.46. The lowest BCUT2D eigenvalue weighted by molar-refractivity contribution is -0.137. The van der Waals surface area contributed by atoms with Crippen LogP contribution in [0.25, 0.3) is 0 Å². The lowest BCUT2D eigenvalue weighted by Gasteiger charge is -2.19. The fourth-order valence-corrected chi connectivity index (χ4v) is 3.70. The maximum Gasteiger partial charge on any atom is 0.303 e. The van der Waals surface area contributed by atoms with Gasteiger partial charge in [-0.3, -0.25) is 4.79 Å². The van der Waals surface area contributed by atoms with E-state index in [0.29, 0.717) is 30.6 Å². The molecule has 4 nitrogen and oxygen atoms in total. The topological polar surface area (TPSA) is 55.8 Å². The van der Waals surface area contributed by atoms with E-state index >= 15 is 0 Å². The Hall–Kier alpha value is -3.27. The number of hydrogen-bond acceptors (Lipinski definition) is 3. The van der Waals surface area contributed by atoms with Crippen LogP contribution < -0.4 is 9.47 Å². The first-order valence-electron chi connectivity index (χ1n) is 10.4. The highest BCUT2D eigenvalue weighted by Gasteiger charge is 2.34. The number of rotatable bonds is 10. The Morgan fingerprint density at radius 3 is 1.93 bits per heavy atom. The van der Waals surface area contributed by atoms with Gasteiger partial charge in [-0.15, -0.1) is 0 Å². The fraction of sp³-hybridized carbons (Fsp3) is 0.269. The Bertz CT molecular complexity index is 965. The molecule has 4 rings (SSSR count). The lowest BCUT2D eigenvalue weighted by Crippen LogP contribution is -2.09. The van der Waals surface area contributed by atoms with Crippen LogP contribution in [0.1, 0.15) is 41.9 Å². The summed E-state index contributed by atoms with van der Waals surface area (Å²) in [6.45, 7) is 0.877. The second kappa shape index (κ2) is 9.49. The molecule has 0 aromatic heterocycles. The monoisotopic (exact) mass is 402 g/mol. The molecular weight excluding hydrogens is 376 g/mol. The molecule has 0 spiro atoms. The van der Waals surface area contributed by atoms with Crippen LogP contribution in [0.5, 0.6) is 11.5 Å². The summed E-state index contributed by atoms with van der Waals surface area (Å²) >= 11 is 0. The van der Waals surface area contributed by atoms with Crippen molar-refractivity contribution >= 4 is 5.97 Å². The molecule has 1 N–H and O–H groups in total. The van der Waals surface area contributed by atoms with E-state index in [4.69, 9.17) is 9.47 Å². The van der Waals surface area contributed by atoms with Crippen molar-refractivity contribution in [3.63, 3.8) is 0 Å².